The molecule has 1 aliphatic rings. The normalized spacial score (nSPS) is 19.5. The van der Waals surface area contributed by atoms with E-state index in [1.165, 1.54) is 12.1 Å². The summed E-state index contributed by atoms with van der Waals surface area (Å²) >= 11 is 0. The Hall–Kier alpha value is -2.25. The van der Waals surface area contributed by atoms with Crippen LogP contribution in [-0.4, -0.2) is 31.2 Å². The molecule has 0 unspecified atom stereocenters. The number of rotatable bonds is 6. The Morgan fingerprint density at radius 2 is 2.00 bits per heavy atom. The van der Waals surface area contributed by atoms with E-state index in [-0.39, 0.29) is 43.0 Å². The molecule has 0 spiro atoms. The van der Waals surface area contributed by atoms with Crippen molar-refractivity contribution in [3.05, 3.63) is 35.4 Å². The summed E-state index contributed by atoms with van der Waals surface area (Å²) in [4.78, 5) is 22.8. The first-order valence-electron chi connectivity index (χ1n) is 7.69. The predicted molar refractivity (Wildman–Crippen MR) is 80.4 cm³/mol. The third kappa shape index (κ3) is 4.87. The van der Waals surface area contributed by atoms with Gasteiger partial charge in [0.1, 0.15) is 0 Å². The molecule has 0 heterocycles. The molecule has 2 atom stereocenters. The molecule has 2 N–H and O–H groups in total. The monoisotopic (exact) mass is 344 g/mol. The fraction of sp³-hybridized carbons (Fsp3) is 0.500. The zero-order valence-corrected chi connectivity index (χ0v) is 13.2. The highest BCUT2D eigenvalue weighted by atomic mass is 19.4. The van der Waals surface area contributed by atoms with Gasteiger partial charge in [-0.2, -0.15) is 13.2 Å². The Bertz CT molecular complexity index is 604. The second kappa shape index (κ2) is 7.55. The number of benzene rings is 1. The van der Waals surface area contributed by atoms with Crippen LogP contribution < -0.4 is 10.6 Å². The summed E-state index contributed by atoms with van der Waals surface area (Å²) in [6, 6.07) is 5.11. The van der Waals surface area contributed by atoms with Crippen LogP contribution in [0.4, 0.5) is 18.0 Å². The van der Waals surface area contributed by atoms with Crippen molar-refractivity contribution in [1.29, 1.82) is 0 Å². The number of amides is 2. The van der Waals surface area contributed by atoms with E-state index in [1.807, 2.05) is 0 Å². The molecule has 0 aromatic heterocycles. The third-order valence-electron chi connectivity index (χ3n) is 3.70. The number of carbonyl (C=O) groups is 2. The number of alkyl halides is 3. The van der Waals surface area contributed by atoms with Gasteiger partial charge in [0, 0.05) is 24.9 Å². The molecule has 2 rings (SSSR count). The van der Waals surface area contributed by atoms with E-state index in [0.717, 1.165) is 6.07 Å². The minimum atomic E-state index is -4.41. The van der Waals surface area contributed by atoms with Gasteiger partial charge in [0.2, 0.25) is 5.91 Å². The number of nitrogens with one attached hydrogen (secondary N) is 2. The summed E-state index contributed by atoms with van der Waals surface area (Å²) in [5, 5.41) is 5.10. The Morgan fingerprint density at radius 3 is 2.67 bits per heavy atom. The van der Waals surface area contributed by atoms with Crippen molar-refractivity contribution in [3.8, 4) is 0 Å². The summed E-state index contributed by atoms with van der Waals surface area (Å²) in [5.41, 5.74) is -0.448. The van der Waals surface area contributed by atoms with Gasteiger partial charge < -0.3 is 15.4 Å². The number of halogens is 3. The van der Waals surface area contributed by atoms with E-state index in [1.54, 1.807) is 13.0 Å². The molecular formula is C16H19F3N2O3. The Labute approximate surface area is 137 Å². The molecule has 2 amide bonds. The summed E-state index contributed by atoms with van der Waals surface area (Å²) < 4.78 is 43.6. The van der Waals surface area contributed by atoms with Gasteiger partial charge in [0.15, 0.2) is 0 Å². The Balaban J connectivity index is 1.82. The van der Waals surface area contributed by atoms with E-state index in [2.05, 4.69) is 15.4 Å². The van der Waals surface area contributed by atoms with Gasteiger partial charge in [-0.15, -0.1) is 0 Å². The zero-order chi connectivity index (χ0) is 17.7. The maximum Gasteiger partial charge on any atom is 0.416 e. The van der Waals surface area contributed by atoms with Crippen LogP contribution in [0.3, 0.4) is 0 Å². The molecule has 24 heavy (non-hydrogen) atoms. The van der Waals surface area contributed by atoms with Crippen molar-refractivity contribution in [1.82, 2.24) is 10.6 Å². The minimum absolute atomic E-state index is 0.0446. The van der Waals surface area contributed by atoms with Crippen LogP contribution in [0.25, 0.3) is 0 Å². The van der Waals surface area contributed by atoms with E-state index in [4.69, 9.17) is 0 Å². The average molecular weight is 344 g/mol. The fourth-order valence-corrected chi connectivity index (χ4v) is 2.52. The molecule has 0 radical (unpaired) electrons. The summed E-state index contributed by atoms with van der Waals surface area (Å²) in [5.74, 6) is -0.645. The van der Waals surface area contributed by atoms with Crippen molar-refractivity contribution in [3.63, 3.8) is 0 Å². The Morgan fingerprint density at radius 1 is 1.29 bits per heavy atom. The van der Waals surface area contributed by atoms with Gasteiger partial charge in [-0.3, -0.25) is 4.79 Å². The maximum atomic E-state index is 13.0. The first-order chi connectivity index (χ1) is 11.3. The van der Waals surface area contributed by atoms with E-state index < -0.39 is 17.8 Å². The highest BCUT2D eigenvalue weighted by Gasteiger charge is 2.44. The number of hydrogen-bond donors (Lipinski definition) is 2. The molecule has 8 heteroatoms. The lowest BCUT2D eigenvalue weighted by Gasteiger charge is -2.12. The minimum Gasteiger partial charge on any atom is -0.450 e. The molecule has 0 bridgehead atoms. The van der Waals surface area contributed by atoms with E-state index in [0.29, 0.717) is 6.42 Å². The van der Waals surface area contributed by atoms with Crippen LogP contribution in [-0.2, 0) is 15.7 Å². The topological polar surface area (TPSA) is 67.4 Å². The molecule has 1 saturated carbocycles. The van der Waals surface area contributed by atoms with Gasteiger partial charge in [-0.1, -0.05) is 18.2 Å². The van der Waals surface area contributed by atoms with Crippen molar-refractivity contribution in [2.45, 2.75) is 37.9 Å². The zero-order valence-electron chi connectivity index (χ0n) is 13.2. The second-order valence-electron chi connectivity index (χ2n) is 5.50. The molecule has 5 nitrogen and oxygen atoms in total. The first-order valence-corrected chi connectivity index (χ1v) is 7.69. The van der Waals surface area contributed by atoms with Crippen LogP contribution in [0.2, 0.25) is 0 Å². The smallest absolute Gasteiger partial charge is 0.416 e. The molecule has 1 aliphatic carbocycles. The molecular weight excluding hydrogens is 325 g/mol. The van der Waals surface area contributed by atoms with E-state index >= 15 is 0 Å². The van der Waals surface area contributed by atoms with Crippen molar-refractivity contribution in [2.75, 3.05) is 13.2 Å². The molecule has 1 fully saturated rings. The molecule has 1 aromatic rings. The standard InChI is InChI=1S/C16H19F3N2O3/c1-2-24-15(23)20-8-7-14(22)21-13-9-11(13)10-5-3-4-6-12(10)16(17,18)19/h3-6,11,13H,2,7-9H2,1H3,(H,20,23)(H,21,22)/t11-,13-/m1/s1. The molecule has 0 aliphatic heterocycles. The van der Waals surface area contributed by atoms with Crippen molar-refractivity contribution in [2.24, 2.45) is 0 Å². The lowest BCUT2D eigenvalue weighted by Crippen LogP contribution is -2.32. The van der Waals surface area contributed by atoms with Crippen LogP contribution in [0.1, 0.15) is 36.8 Å². The van der Waals surface area contributed by atoms with Gasteiger partial charge in [-0.05, 0) is 25.0 Å². The molecule has 132 valence electrons. The number of hydrogen-bond acceptors (Lipinski definition) is 3. The van der Waals surface area contributed by atoms with Crippen LogP contribution in [0.15, 0.2) is 24.3 Å². The number of carbonyl (C=O) groups excluding carboxylic acids is 2. The van der Waals surface area contributed by atoms with Crippen molar-refractivity contribution >= 4 is 12.0 Å². The number of alkyl carbamates (subject to hydrolysis) is 1. The summed E-state index contributed by atoms with van der Waals surface area (Å²) in [6.45, 7) is 2.01. The van der Waals surface area contributed by atoms with Crippen LogP contribution >= 0.6 is 0 Å². The fourth-order valence-electron chi connectivity index (χ4n) is 2.52. The van der Waals surface area contributed by atoms with Crippen molar-refractivity contribution < 1.29 is 27.5 Å². The SMILES string of the molecule is CCOC(=O)NCCC(=O)N[C@@H]1C[C@@H]1c1ccccc1C(F)(F)F. The maximum absolute atomic E-state index is 13.0. The molecule has 1 aromatic carbocycles. The van der Waals surface area contributed by atoms with Gasteiger partial charge in [0.05, 0.1) is 12.2 Å². The quantitative estimate of drug-likeness (QED) is 0.834. The third-order valence-corrected chi connectivity index (χ3v) is 3.70. The highest BCUT2D eigenvalue weighted by Crippen LogP contribution is 2.46. The van der Waals surface area contributed by atoms with Gasteiger partial charge in [-0.25, -0.2) is 4.79 Å². The predicted octanol–water partition coefficient (Wildman–Crippen LogP) is 2.81. The van der Waals surface area contributed by atoms with Gasteiger partial charge in [0.25, 0.3) is 0 Å². The average Bonchev–Trinajstić information content (AvgIpc) is 3.25. The lowest BCUT2D eigenvalue weighted by atomic mass is 10.0. The largest absolute Gasteiger partial charge is 0.450 e. The first kappa shape index (κ1) is 18.1. The highest BCUT2D eigenvalue weighted by molar-refractivity contribution is 5.78. The summed E-state index contributed by atoms with van der Waals surface area (Å²) in [6.07, 6.45) is -4.49. The second-order valence-corrected chi connectivity index (χ2v) is 5.50. The van der Waals surface area contributed by atoms with Crippen LogP contribution in [0.5, 0.6) is 0 Å². The van der Waals surface area contributed by atoms with Crippen LogP contribution in [0, 0.1) is 0 Å². The van der Waals surface area contributed by atoms with E-state index in [9.17, 15) is 22.8 Å². The Kier molecular flexibility index (Phi) is 5.69. The van der Waals surface area contributed by atoms with Gasteiger partial charge >= 0.3 is 12.3 Å². The number of ether oxygens (including phenoxy) is 1. The molecule has 0 saturated heterocycles. The summed E-state index contributed by atoms with van der Waals surface area (Å²) in [7, 11) is 0. The lowest BCUT2D eigenvalue weighted by molar-refractivity contribution is -0.138.